The van der Waals surface area contributed by atoms with Gasteiger partial charge in [-0.2, -0.15) is 0 Å². The molecule has 0 aliphatic carbocycles. The molecule has 0 heterocycles. The summed E-state index contributed by atoms with van der Waals surface area (Å²) in [5, 5.41) is 0.267. The van der Waals surface area contributed by atoms with Crippen molar-refractivity contribution in [2.75, 3.05) is 25.9 Å². The zero-order chi connectivity index (χ0) is 13.7. The van der Waals surface area contributed by atoms with Crippen molar-refractivity contribution in [2.45, 2.75) is 6.92 Å². The van der Waals surface area contributed by atoms with Crippen LogP contribution in [0.15, 0.2) is 18.2 Å². The number of hydrogen-bond donors (Lipinski definition) is 1. The van der Waals surface area contributed by atoms with E-state index in [9.17, 15) is 9.59 Å². The minimum absolute atomic E-state index is 0.128. The number of esters is 1. The lowest BCUT2D eigenvalue weighted by molar-refractivity contribution is -0.141. The minimum atomic E-state index is -0.490. The maximum Gasteiger partial charge on any atom is 0.325 e. The zero-order valence-electron chi connectivity index (χ0n) is 10.3. The van der Waals surface area contributed by atoms with Gasteiger partial charge in [-0.05, 0) is 19.1 Å². The van der Waals surface area contributed by atoms with Gasteiger partial charge in [-0.25, -0.2) is 0 Å². The molecule has 98 valence electrons. The number of likely N-dealkylation sites (N-methyl/N-ethyl adjacent to an activating group) is 1. The second-order valence-corrected chi connectivity index (χ2v) is 4.01. The lowest BCUT2D eigenvalue weighted by Crippen LogP contribution is -2.36. The second kappa shape index (κ2) is 6.26. The molecule has 0 fully saturated rings. The summed E-state index contributed by atoms with van der Waals surface area (Å²) in [5.41, 5.74) is 6.23. The predicted octanol–water partition coefficient (Wildman–Crippen LogP) is 1.56. The lowest BCUT2D eigenvalue weighted by Gasteiger charge is -2.20. The van der Waals surface area contributed by atoms with E-state index < -0.39 is 5.97 Å². The third kappa shape index (κ3) is 3.13. The van der Waals surface area contributed by atoms with Gasteiger partial charge in [0.05, 0.1) is 17.7 Å². The average Bonchev–Trinajstić information content (AvgIpc) is 2.35. The Kier molecular flexibility index (Phi) is 4.97. The number of carbonyl (C=O) groups excluding carboxylic acids is 2. The van der Waals surface area contributed by atoms with Gasteiger partial charge in [0.15, 0.2) is 0 Å². The maximum absolute atomic E-state index is 12.2. The SMILES string of the molecule is CCN(CC(=O)OC)C(=O)c1c(N)cccc1Cl. The lowest BCUT2D eigenvalue weighted by atomic mass is 10.1. The van der Waals surface area contributed by atoms with Crippen molar-refractivity contribution in [3.05, 3.63) is 28.8 Å². The van der Waals surface area contributed by atoms with E-state index in [4.69, 9.17) is 17.3 Å². The van der Waals surface area contributed by atoms with Crippen LogP contribution in [0.25, 0.3) is 0 Å². The van der Waals surface area contributed by atoms with Crippen LogP contribution in [-0.4, -0.2) is 37.0 Å². The van der Waals surface area contributed by atoms with Crippen LogP contribution >= 0.6 is 11.6 Å². The molecule has 0 aliphatic heterocycles. The fraction of sp³-hybridized carbons (Fsp3) is 0.333. The number of methoxy groups -OCH3 is 1. The Morgan fingerprint density at radius 1 is 1.44 bits per heavy atom. The molecule has 6 heteroatoms. The molecule has 1 aromatic rings. The molecule has 0 bridgehead atoms. The number of nitrogens with zero attached hydrogens (tertiary/aromatic N) is 1. The number of benzene rings is 1. The molecule has 0 atom stereocenters. The van der Waals surface area contributed by atoms with Crippen LogP contribution in [0.1, 0.15) is 17.3 Å². The second-order valence-electron chi connectivity index (χ2n) is 3.60. The highest BCUT2D eigenvalue weighted by Gasteiger charge is 2.21. The van der Waals surface area contributed by atoms with Crippen LogP contribution < -0.4 is 5.73 Å². The number of ether oxygens (including phenoxy) is 1. The van der Waals surface area contributed by atoms with Crippen LogP contribution in [0.5, 0.6) is 0 Å². The van der Waals surface area contributed by atoms with Gasteiger partial charge in [0.2, 0.25) is 0 Å². The predicted molar refractivity (Wildman–Crippen MR) is 69.5 cm³/mol. The molecule has 2 N–H and O–H groups in total. The van der Waals surface area contributed by atoms with Crippen molar-refractivity contribution >= 4 is 29.2 Å². The van der Waals surface area contributed by atoms with Gasteiger partial charge < -0.3 is 15.4 Å². The third-order valence-electron chi connectivity index (χ3n) is 2.48. The first-order valence-corrected chi connectivity index (χ1v) is 5.79. The van der Waals surface area contributed by atoms with Crippen LogP contribution in [0, 0.1) is 0 Å². The highest BCUT2D eigenvalue weighted by molar-refractivity contribution is 6.34. The standard InChI is InChI=1S/C12H15ClN2O3/c1-3-15(7-10(16)18-2)12(17)11-8(13)5-4-6-9(11)14/h4-6H,3,7,14H2,1-2H3. The topological polar surface area (TPSA) is 72.6 Å². The molecule has 1 rings (SSSR count). The molecule has 0 unspecified atom stereocenters. The Balaban J connectivity index is 3.00. The number of amides is 1. The van der Waals surface area contributed by atoms with E-state index in [1.165, 1.54) is 12.0 Å². The van der Waals surface area contributed by atoms with E-state index in [0.29, 0.717) is 6.54 Å². The first-order chi connectivity index (χ1) is 8.51. The zero-order valence-corrected chi connectivity index (χ0v) is 11.0. The number of carbonyl (C=O) groups is 2. The first-order valence-electron chi connectivity index (χ1n) is 5.41. The molecular formula is C12H15ClN2O3. The van der Waals surface area contributed by atoms with Crippen molar-refractivity contribution in [3.8, 4) is 0 Å². The van der Waals surface area contributed by atoms with E-state index in [1.807, 2.05) is 0 Å². The van der Waals surface area contributed by atoms with Gasteiger partial charge in [-0.15, -0.1) is 0 Å². The van der Waals surface area contributed by atoms with Crippen molar-refractivity contribution in [3.63, 3.8) is 0 Å². The van der Waals surface area contributed by atoms with Crippen LogP contribution in [0.2, 0.25) is 5.02 Å². The fourth-order valence-electron chi connectivity index (χ4n) is 1.47. The van der Waals surface area contributed by atoms with Crippen molar-refractivity contribution in [1.29, 1.82) is 0 Å². The Morgan fingerprint density at radius 3 is 2.61 bits per heavy atom. The quantitative estimate of drug-likeness (QED) is 0.666. The molecule has 5 nitrogen and oxygen atoms in total. The van der Waals surface area contributed by atoms with Gasteiger partial charge in [-0.1, -0.05) is 17.7 Å². The summed E-state index contributed by atoms with van der Waals surface area (Å²) in [4.78, 5) is 24.8. The number of nitrogen functional groups attached to an aromatic ring is 1. The van der Waals surface area contributed by atoms with Gasteiger partial charge in [0.1, 0.15) is 6.54 Å². The summed E-state index contributed by atoms with van der Waals surface area (Å²) in [6.07, 6.45) is 0. The minimum Gasteiger partial charge on any atom is -0.468 e. The molecule has 0 radical (unpaired) electrons. The van der Waals surface area contributed by atoms with Crippen molar-refractivity contribution in [1.82, 2.24) is 4.90 Å². The first kappa shape index (κ1) is 14.3. The number of nitrogens with two attached hydrogens (primary N) is 1. The van der Waals surface area contributed by atoms with Crippen LogP contribution in [0.3, 0.4) is 0 Å². The smallest absolute Gasteiger partial charge is 0.325 e. The normalized spacial score (nSPS) is 9.94. The average molecular weight is 271 g/mol. The Labute approximate surface area is 110 Å². The molecule has 1 aromatic carbocycles. The Morgan fingerprint density at radius 2 is 2.11 bits per heavy atom. The monoisotopic (exact) mass is 270 g/mol. The van der Waals surface area contributed by atoms with E-state index in [1.54, 1.807) is 25.1 Å². The van der Waals surface area contributed by atoms with E-state index >= 15 is 0 Å². The summed E-state index contributed by atoms with van der Waals surface area (Å²) in [6.45, 7) is 1.99. The van der Waals surface area contributed by atoms with Gasteiger partial charge in [0, 0.05) is 12.2 Å². The molecule has 0 spiro atoms. The summed E-state index contributed by atoms with van der Waals surface area (Å²) in [6, 6.07) is 4.83. The Hall–Kier alpha value is -1.75. The summed E-state index contributed by atoms with van der Waals surface area (Å²) < 4.78 is 4.53. The van der Waals surface area contributed by atoms with Crippen molar-refractivity contribution < 1.29 is 14.3 Å². The molecule has 0 aromatic heterocycles. The highest BCUT2D eigenvalue weighted by Crippen LogP contribution is 2.23. The molecule has 1 amide bonds. The van der Waals surface area contributed by atoms with E-state index in [-0.39, 0.29) is 28.7 Å². The van der Waals surface area contributed by atoms with Gasteiger partial charge in [-0.3, -0.25) is 9.59 Å². The summed E-state index contributed by atoms with van der Waals surface area (Å²) in [5.74, 6) is -0.873. The van der Waals surface area contributed by atoms with Gasteiger partial charge >= 0.3 is 5.97 Å². The highest BCUT2D eigenvalue weighted by atomic mass is 35.5. The number of halogens is 1. The summed E-state index contributed by atoms with van der Waals surface area (Å²) in [7, 11) is 1.27. The molecule has 0 saturated carbocycles. The number of hydrogen-bond acceptors (Lipinski definition) is 4. The van der Waals surface area contributed by atoms with Crippen LogP contribution in [0.4, 0.5) is 5.69 Å². The largest absolute Gasteiger partial charge is 0.468 e. The molecule has 0 saturated heterocycles. The molecule has 0 aliphatic rings. The number of anilines is 1. The molecular weight excluding hydrogens is 256 g/mol. The van der Waals surface area contributed by atoms with Crippen LogP contribution in [-0.2, 0) is 9.53 Å². The molecule has 18 heavy (non-hydrogen) atoms. The van der Waals surface area contributed by atoms with Crippen molar-refractivity contribution in [2.24, 2.45) is 0 Å². The number of rotatable bonds is 4. The summed E-state index contributed by atoms with van der Waals surface area (Å²) >= 11 is 5.95. The van der Waals surface area contributed by atoms with E-state index in [2.05, 4.69) is 4.74 Å². The fourth-order valence-corrected chi connectivity index (χ4v) is 1.73. The Bertz CT molecular complexity index is 442. The van der Waals surface area contributed by atoms with E-state index in [0.717, 1.165) is 0 Å². The maximum atomic E-state index is 12.2. The third-order valence-corrected chi connectivity index (χ3v) is 2.79. The van der Waals surface area contributed by atoms with Gasteiger partial charge in [0.25, 0.3) is 5.91 Å².